The molecule has 0 atom stereocenters. The van der Waals surface area contributed by atoms with Crippen molar-refractivity contribution in [3.05, 3.63) is 172 Å². The summed E-state index contributed by atoms with van der Waals surface area (Å²) in [6.07, 6.45) is 0.660. The summed E-state index contributed by atoms with van der Waals surface area (Å²) in [5, 5.41) is 2.03. The first-order valence-corrected chi connectivity index (χ1v) is 15.9. The molecule has 0 aliphatic carbocycles. The van der Waals surface area contributed by atoms with Crippen LogP contribution in [0.3, 0.4) is 0 Å². The molecule has 1 heterocycles. The van der Waals surface area contributed by atoms with Crippen molar-refractivity contribution < 1.29 is 9.53 Å². The lowest BCUT2D eigenvalue weighted by Crippen LogP contribution is -2.34. The number of ether oxygens (including phenoxy) is 1. The molecular weight excluding hydrogens is 655 g/mol. The van der Waals surface area contributed by atoms with Gasteiger partial charge in [0, 0.05) is 28.1 Å². The summed E-state index contributed by atoms with van der Waals surface area (Å²) >= 11 is 2.33. The number of carbonyl (C=O) groups excluding carboxylic acids is 1. The topological polar surface area (TPSA) is 42.4 Å². The van der Waals surface area contributed by atoms with Crippen molar-refractivity contribution in [3.8, 4) is 11.3 Å². The van der Waals surface area contributed by atoms with Crippen LogP contribution in [-0.4, -0.2) is 36.0 Å². The highest BCUT2D eigenvalue weighted by Crippen LogP contribution is 2.40. The van der Waals surface area contributed by atoms with E-state index in [-0.39, 0.29) is 5.91 Å². The molecule has 6 rings (SSSR count). The fraction of sp³-hybridized carbons (Fsp3) is 0.128. The van der Waals surface area contributed by atoms with Crippen LogP contribution in [0.1, 0.15) is 33.6 Å². The number of pyridine rings is 1. The van der Waals surface area contributed by atoms with Crippen LogP contribution in [-0.2, 0) is 10.3 Å². The molecule has 6 aromatic rings. The van der Waals surface area contributed by atoms with Gasteiger partial charge in [0.1, 0.15) is 11.3 Å². The van der Waals surface area contributed by atoms with E-state index in [9.17, 15) is 4.79 Å². The zero-order chi connectivity index (χ0) is 30.4. The molecule has 0 aliphatic rings. The SMILES string of the molecule is CN(CCCOC(c1ccccc1)(c1ccccc1)c1ccccc1)C(=O)c1cc2ccccc2c(-c2ccccc2I)n1. The van der Waals surface area contributed by atoms with Gasteiger partial charge in [0.05, 0.1) is 12.3 Å². The first kappa shape index (κ1) is 29.7. The van der Waals surface area contributed by atoms with Crippen LogP contribution in [0.5, 0.6) is 0 Å². The molecule has 0 N–H and O–H groups in total. The van der Waals surface area contributed by atoms with E-state index in [4.69, 9.17) is 9.72 Å². The highest BCUT2D eigenvalue weighted by Gasteiger charge is 2.37. The van der Waals surface area contributed by atoms with Crippen LogP contribution in [0.25, 0.3) is 22.0 Å². The number of carbonyl (C=O) groups is 1. The third-order valence-corrected chi connectivity index (χ3v) is 8.87. The Balaban J connectivity index is 1.24. The Labute approximate surface area is 272 Å². The van der Waals surface area contributed by atoms with Crippen molar-refractivity contribution in [2.45, 2.75) is 12.0 Å². The zero-order valence-electron chi connectivity index (χ0n) is 24.6. The maximum Gasteiger partial charge on any atom is 0.272 e. The monoisotopic (exact) mass is 688 g/mol. The third kappa shape index (κ3) is 6.03. The van der Waals surface area contributed by atoms with Gasteiger partial charge in [-0.3, -0.25) is 4.79 Å². The van der Waals surface area contributed by atoms with Gasteiger partial charge in [-0.05, 0) is 63.2 Å². The Morgan fingerprint density at radius 1 is 0.727 bits per heavy atom. The summed E-state index contributed by atoms with van der Waals surface area (Å²) in [4.78, 5) is 20.4. The fourth-order valence-corrected chi connectivity index (χ4v) is 6.40. The molecule has 1 amide bonds. The Bertz CT molecular complexity index is 1760. The summed E-state index contributed by atoms with van der Waals surface area (Å²) in [6, 6.07) is 49.2. The highest BCUT2D eigenvalue weighted by atomic mass is 127. The van der Waals surface area contributed by atoms with Gasteiger partial charge in [-0.1, -0.05) is 133 Å². The second-order valence-corrected chi connectivity index (χ2v) is 11.9. The first-order valence-electron chi connectivity index (χ1n) is 14.8. The van der Waals surface area contributed by atoms with Crippen LogP contribution in [0, 0.1) is 3.57 Å². The van der Waals surface area contributed by atoms with Gasteiger partial charge < -0.3 is 9.64 Å². The summed E-state index contributed by atoms with van der Waals surface area (Å²) in [6.45, 7) is 0.981. The molecule has 0 unspecified atom stereocenters. The molecule has 0 saturated heterocycles. The minimum Gasteiger partial charge on any atom is -0.361 e. The number of benzene rings is 5. The summed E-state index contributed by atoms with van der Waals surface area (Å²) in [7, 11) is 1.84. The molecule has 0 radical (unpaired) electrons. The van der Waals surface area contributed by atoms with Crippen molar-refractivity contribution >= 4 is 39.3 Å². The molecule has 0 aliphatic heterocycles. The predicted molar refractivity (Wildman–Crippen MR) is 187 cm³/mol. The standard InChI is InChI=1S/C39H33IN2O2/c1-42(38(43)36-28-29-16-11-12-23-33(29)37(41-36)34-24-13-14-25-35(34)40)26-15-27-44-39(30-17-5-2-6-18-30,31-19-7-3-8-20-31)32-21-9-4-10-22-32/h2-14,16-25,28H,15,26-27H2,1H3. The molecule has 0 saturated carbocycles. The minimum atomic E-state index is -0.784. The quantitative estimate of drug-likeness (QED) is 0.0820. The molecule has 44 heavy (non-hydrogen) atoms. The minimum absolute atomic E-state index is 0.108. The number of hydrogen-bond donors (Lipinski definition) is 0. The van der Waals surface area contributed by atoms with Crippen molar-refractivity contribution in [3.63, 3.8) is 0 Å². The lowest BCUT2D eigenvalue weighted by atomic mass is 9.80. The van der Waals surface area contributed by atoms with E-state index in [2.05, 4.69) is 77.2 Å². The molecular formula is C39H33IN2O2. The van der Waals surface area contributed by atoms with Gasteiger partial charge >= 0.3 is 0 Å². The second kappa shape index (κ2) is 13.5. The van der Waals surface area contributed by atoms with E-state index in [0.29, 0.717) is 25.3 Å². The van der Waals surface area contributed by atoms with E-state index in [1.807, 2.05) is 98.0 Å². The predicted octanol–water partition coefficient (Wildman–Crippen LogP) is 8.98. The largest absolute Gasteiger partial charge is 0.361 e. The first-order chi connectivity index (χ1) is 21.6. The van der Waals surface area contributed by atoms with Crippen molar-refractivity contribution in [1.29, 1.82) is 0 Å². The fourth-order valence-electron chi connectivity index (χ4n) is 5.76. The van der Waals surface area contributed by atoms with Gasteiger partial charge in [0.25, 0.3) is 5.91 Å². The van der Waals surface area contributed by atoms with Gasteiger partial charge in [-0.15, -0.1) is 0 Å². The van der Waals surface area contributed by atoms with Crippen LogP contribution < -0.4 is 0 Å². The van der Waals surface area contributed by atoms with E-state index in [0.717, 1.165) is 42.3 Å². The van der Waals surface area contributed by atoms with Gasteiger partial charge in [-0.25, -0.2) is 4.98 Å². The Morgan fingerprint density at radius 3 is 1.84 bits per heavy atom. The van der Waals surface area contributed by atoms with E-state index in [1.54, 1.807) is 4.90 Å². The highest BCUT2D eigenvalue weighted by molar-refractivity contribution is 14.1. The smallest absolute Gasteiger partial charge is 0.272 e. The number of nitrogens with zero attached hydrogens (tertiary/aromatic N) is 2. The molecule has 5 aromatic carbocycles. The summed E-state index contributed by atoms with van der Waals surface area (Å²) < 4.78 is 8.01. The molecule has 5 heteroatoms. The summed E-state index contributed by atoms with van der Waals surface area (Å²) in [5.74, 6) is -0.108. The van der Waals surface area contributed by atoms with E-state index < -0.39 is 5.60 Å². The third-order valence-electron chi connectivity index (χ3n) is 7.93. The number of aromatic nitrogens is 1. The molecule has 0 spiro atoms. The molecule has 0 fully saturated rings. The maximum absolute atomic E-state index is 13.7. The van der Waals surface area contributed by atoms with Crippen LogP contribution in [0.4, 0.5) is 0 Å². The van der Waals surface area contributed by atoms with Gasteiger partial charge in [0.15, 0.2) is 0 Å². The Hall–Kier alpha value is -4.33. The van der Waals surface area contributed by atoms with Crippen LogP contribution in [0.2, 0.25) is 0 Å². The zero-order valence-corrected chi connectivity index (χ0v) is 26.7. The number of rotatable bonds is 10. The van der Waals surface area contributed by atoms with E-state index in [1.165, 1.54) is 0 Å². The maximum atomic E-state index is 13.7. The molecule has 0 bridgehead atoms. The van der Waals surface area contributed by atoms with Crippen LogP contribution >= 0.6 is 22.6 Å². The van der Waals surface area contributed by atoms with Gasteiger partial charge in [0.2, 0.25) is 0 Å². The lowest BCUT2D eigenvalue weighted by Gasteiger charge is -2.36. The molecule has 1 aromatic heterocycles. The average molecular weight is 689 g/mol. The number of halogens is 1. The van der Waals surface area contributed by atoms with E-state index >= 15 is 0 Å². The average Bonchev–Trinajstić information content (AvgIpc) is 3.09. The van der Waals surface area contributed by atoms with Crippen molar-refractivity contribution in [2.24, 2.45) is 0 Å². The van der Waals surface area contributed by atoms with Crippen molar-refractivity contribution in [2.75, 3.05) is 20.2 Å². The lowest BCUT2D eigenvalue weighted by molar-refractivity contribution is 0.00895. The Kier molecular flexibility index (Phi) is 9.15. The molecule has 218 valence electrons. The second-order valence-electron chi connectivity index (χ2n) is 10.8. The molecule has 4 nitrogen and oxygen atoms in total. The number of amides is 1. The van der Waals surface area contributed by atoms with Crippen LogP contribution in [0.15, 0.2) is 146 Å². The summed E-state index contributed by atoms with van der Waals surface area (Å²) in [5.41, 5.74) is 4.68. The van der Waals surface area contributed by atoms with Crippen molar-refractivity contribution in [1.82, 2.24) is 9.88 Å². The van der Waals surface area contributed by atoms with Gasteiger partial charge in [-0.2, -0.15) is 0 Å². The number of hydrogen-bond acceptors (Lipinski definition) is 3. The normalized spacial score (nSPS) is 11.4. The Morgan fingerprint density at radius 2 is 1.25 bits per heavy atom. The number of fused-ring (bicyclic) bond motifs is 1.